The average Bonchev–Trinajstić information content (AvgIpc) is 2.10. The molecule has 0 saturated heterocycles. The van der Waals surface area contributed by atoms with Gasteiger partial charge in [0.15, 0.2) is 0 Å². The van der Waals surface area contributed by atoms with Crippen molar-refractivity contribution < 1.29 is 9.50 Å². The van der Waals surface area contributed by atoms with Gasteiger partial charge in [0.25, 0.3) is 0 Å². The molecule has 0 bridgehead atoms. The van der Waals surface area contributed by atoms with Gasteiger partial charge in [0.2, 0.25) is 0 Å². The van der Waals surface area contributed by atoms with Crippen molar-refractivity contribution in [2.24, 2.45) is 0 Å². The Morgan fingerprint density at radius 1 is 1.50 bits per heavy atom. The average molecular weight is 217 g/mol. The molecule has 1 aromatic carbocycles. The zero-order valence-electron chi connectivity index (χ0n) is 8.13. The molecule has 0 radical (unpaired) electrons. The van der Waals surface area contributed by atoms with E-state index >= 15 is 0 Å². The van der Waals surface area contributed by atoms with E-state index < -0.39 is 0 Å². The van der Waals surface area contributed by atoms with Gasteiger partial charge in [-0.15, -0.1) is 0 Å². The number of halogens is 2. The van der Waals surface area contributed by atoms with Crippen LogP contribution in [-0.2, 0) is 6.42 Å². The second kappa shape index (κ2) is 5.32. The number of aliphatic hydroxyl groups is 1. The molecule has 1 N–H and O–H groups in total. The Kier molecular flexibility index (Phi) is 4.36. The highest BCUT2D eigenvalue weighted by atomic mass is 35.5. The summed E-state index contributed by atoms with van der Waals surface area (Å²) in [5.41, 5.74) is 0.800. The lowest BCUT2D eigenvalue weighted by molar-refractivity contribution is 0.164. The van der Waals surface area contributed by atoms with E-state index in [1.807, 2.05) is 6.92 Å². The fraction of sp³-hybridized carbons (Fsp3) is 0.455. The molecule has 0 aliphatic carbocycles. The highest BCUT2D eigenvalue weighted by molar-refractivity contribution is 6.31. The number of hydrogen-bond donors (Lipinski definition) is 1. The highest BCUT2D eigenvalue weighted by Crippen LogP contribution is 2.19. The Morgan fingerprint density at radius 3 is 2.79 bits per heavy atom. The quantitative estimate of drug-likeness (QED) is 0.820. The molecule has 0 fully saturated rings. The standard InChI is InChI=1S/C11H14ClFO/c1-2-3-10(14)6-8-4-5-9(13)7-11(8)12/h4-5,7,10,14H,2-3,6H2,1H3/t10-/m0/s1. The summed E-state index contributed by atoms with van der Waals surface area (Å²) >= 11 is 5.82. The maximum Gasteiger partial charge on any atom is 0.124 e. The normalized spacial score (nSPS) is 12.9. The van der Waals surface area contributed by atoms with Gasteiger partial charge in [0.05, 0.1) is 6.10 Å². The first kappa shape index (κ1) is 11.5. The predicted molar refractivity (Wildman–Crippen MR) is 56.0 cm³/mol. The molecule has 0 spiro atoms. The summed E-state index contributed by atoms with van der Waals surface area (Å²) in [6, 6.07) is 4.26. The maximum absolute atomic E-state index is 12.7. The molecule has 0 unspecified atom stereocenters. The topological polar surface area (TPSA) is 20.2 Å². The van der Waals surface area contributed by atoms with E-state index in [4.69, 9.17) is 11.6 Å². The van der Waals surface area contributed by atoms with Crippen LogP contribution in [0.1, 0.15) is 25.3 Å². The number of benzene rings is 1. The number of rotatable bonds is 4. The lowest BCUT2D eigenvalue weighted by atomic mass is 10.0. The summed E-state index contributed by atoms with van der Waals surface area (Å²) in [6.45, 7) is 2.01. The van der Waals surface area contributed by atoms with Crippen LogP contribution in [0.3, 0.4) is 0 Å². The van der Waals surface area contributed by atoms with Crippen LogP contribution in [0, 0.1) is 5.82 Å². The Balaban J connectivity index is 2.67. The minimum atomic E-state index is -0.386. The Labute approximate surface area is 88.5 Å². The summed E-state index contributed by atoms with van der Waals surface area (Å²) in [7, 11) is 0. The van der Waals surface area contributed by atoms with Crippen LogP contribution in [-0.4, -0.2) is 11.2 Å². The molecule has 1 aromatic rings. The third kappa shape index (κ3) is 3.28. The van der Waals surface area contributed by atoms with Crippen molar-refractivity contribution in [1.82, 2.24) is 0 Å². The molecule has 3 heteroatoms. The Bertz CT molecular complexity index is 301. The summed E-state index contributed by atoms with van der Waals surface area (Å²) in [6.07, 6.45) is 1.78. The fourth-order valence-electron chi connectivity index (χ4n) is 1.38. The van der Waals surface area contributed by atoms with Gasteiger partial charge in [-0.2, -0.15) is 0 Å². The number of hydrogen-bond acceptors (Lipinski definition) is 1. The SMILES string of the molecule is CCC[C@H](O)Cc1ccc(F)cc1Cl. The van der Waals surface area contributed by atoms with E-state index in [0.29, 0.717) is 11.4 Å². The van der Waals surface area contributed by atoms with Crippen molar-refractivity contribution >= 4 is 11.6 Å². The van der Waals surface area contributed by atoms with Crippen LogP contribution in [0.2, 0.25) is 5.02 Å². The van der Waals surface area contributed by atoms with Gasteiger partial charge >= 0.3 is 0 Å². The van der Waals surface area contributed by atoms with Crippen molar-refractivity contribution in [1.29, 1.82) is 0 Å². The van der Waals surface area contributed by atoms with Crippen LogP contribution in [0.15, 0.2) is 18.2 Å². The molecule has 0 aromatic heterocycles. The van der Waals surface area contributed by atoms with E-state index in [9.17, 15) is 9.50 Å². The second-order valence-corrected chi connectivity index (χ2v) is 3.79. The molecule has 0 aliphatic heterocycles. The smallest absolute Gasteiger partial charge is 0.124 e. The summed E-state index contributed by atoms with van der Waals surface area (Å²) < 4.78 is 12.7. The molecule has 0 saturated carbocycles. The van der Waals surface area contributed by atoms with Gasteiger partial charge < -0.3 is 5.11 Å². The first-order chi connectivity index (χ1) is 6.63. The van der Waals surface area contributed by atoms with Gasteiger partial charge in [0, 0.05) is 5.02 Å². The maximum atomic E-state index is 12.7. The van der Waals surface area contributed by atoms with Crippen LogP contribution in [0.4, 0.5) is 4.39 Å². The fourth-order valence-corrected chi connectivity index (χ4v) is 1.62. The van der Waals surface area contributed by atoms with Crippen molar-refractivity contribution in [2.75, 3.05) is 0 Å². The van der Waals surface area contributed by atoms with Crippen molar-refractivity contribution in [3.05, 3.63) is 34.6 Å². The van der Waals surface area contributed by atoms with Crippen LogP contribution in [0.25, 0.3) is 0 Å². The predicted octanol–water partition coefficient (Wildman–Crippen LogP) is 3.18. The van der Waals surface area contributed by atoms with Crippen molar-refractivity contribution in [3.8, 4) is 0 Å². The lowest BCUT2D eigenvalue weighted by Gasteiger charge is -2.10. The van der Waals surface area contributed by atoms with Gasteiger partial charge in [-0.05, 0) is 30.5 Å². The summed E-state index contributed by atoms with van der Waals surface area (Å²) in [5.74, 6) is -0.344. The molecule has 14 heavy (non-hydrogen) atoms. The molecular weight excluding hydrogens is 203 g/mol. The summed E-state index contributed by atoms with van der Waals surface area (Å²) in [4.78, 5) is 0. The van der Waals surface area contributed by atoms with Gasteiger partial charge in [-0.25, -0.2) is 4.39 Å². The molecule has 78 valence electrons. The Morgan fingerprint density at radius 2 is 2.21 bits per heavy atom. The van der Waals surface area contributed by atoms with Crippen molar-refractivity contribution in [3.63, 3.8) is 0 Å². The van der Waals surface area contributed by atoms with Crippen LogP contribution >= 0.6 is 11.6 Å². The lowest BCUT2D eigenvalue weighted by Crippen LogP contribution is -2.10. The van der Waals surface area contributed by atoms with E-state index in [0.717, 1.165) is 18.4 Å². The van der Waals surface area contributed by atoms with Crippen LogP contribution < -0.4 is 0 Å². The van der Waals surface area contributed by atoms with E-state index in [2.05, 4.69) is 0 Å². The molecular formula is C11H14ClFO. The second-order valence-electron chi connectivity index (χ2n) is 3.38. The Hall–Kier alpha value is -0.600. The van der Waals surface area contributed by atoms with Crippen LogP contribution in [0.5, 0.6) is 0 Å². The molecule has 1 rings (SSSR count). The minimum absolute atomic E-state index is 0.344. The van der Waals surface area contributed by atoms with Gasteiger partial charge in [0.1, 0.15) is 5.82 Å². The third-order valence-electron chi connectivity index (χ3n) is 2.09. The molecule has 1 nitrogen and oxygen atoms in total. The van der Waals surface area contributed by atoms with E-state index in [1.165, 1.54) is 12.1 Å². The van der Waals surface area contributed by atoms with Gasteiger partial charge in [-0.1, -0.05) is 31.0 Å². The zero-order valence-corrected chi connectivity index (χ0v) is 8.89. The molecule has 1 atom stereocenters. The first-order valence-electron chi connectivity index (χ1n) is 4.75. The number of aliphatic hydroxyl groups excluding tert-OH is 1. The monoisotopic (exact) mass is 216 g/mol. The molecule has 0 heterocycles. The minimum Gasteiger partial charge on any atom is -0.393 e. The largest absolute Gasteiger partial charge is 0.393 e. The zero-order chi connectivity index (χ0) is 10.6. The van der Waals surface area contributed by atoms with E-state index in [1.54, 1.807) is 6.07 Å². The third-order valence-corrected chi connectivity index (χ3v) is 2.44. The summed E-state index contributed by atoms with van der Waals surface area (Å²) in [5, 5.41) is 9.93. The first-order valence-corrected chi connectivity index (χ1v) is 5.13. The molecule has 0 aliphatic rings. The van der Waals surface area contributed by atoms with Gasteiger partial charge in [-0.3, -0.25) is 0 Å². The van der Waals surface area contributed by atoms with Crippen molar-refractivity contribution in [2.45, 2.75) is 32.3 Å². The van der Waals surface area contributed by atoms with E-state index in [-0.39, 0.29) is 11.9 Å². The molecule has 0 amide bonds. The highest BCUT2D eigenvalue weighted by Gasteiger charge is 2.08.